The number of aromatic nitrogens is 1. The van der Waals surface area contributed by atoms with Crippen LogP contribution in [0.5, 0.6) is 0 Å². The van der Waals surface area contributed by atoms with E-state index in [-0.39, 0.29) is 5.91 Å². The van der Waals surface area contributed by atoms with E-state index in [2.05, 4.69) is 49.6 Å². The summed E-state index contributed by atoms with van der Waals surface area (Å²) < 4.78 is 0. The minimum atomic E-state index is 0.00392. The van der Waals surface area contributed by atoms with Crippen molar-refractivity contribution in [1.82, 2.24) is 25.4 Å². The normalized spacial score (nSPS) is 15.0. The van der Waals surface area contributed by atoms with Crippen LogP contribution in [0.25, 0.3) is 0 Å². The van der Waals surface area contributed by atoms with Gasteiger partial charge in [-0.3, -0.25) is 9.79 Å². The van der Waals surface area contributed by atoms with E-state index in [0.29, 0.717) is 18.7 Å². The molecule has 1 saturated heterocycles. The molecule has 0 aliphatic carbocycles. The molecule has 0 saturated carbocycles. The van der Waals surface area contributed by atoms with Crippen LogP contribution in [0, 0.1) is 0 Å². The number of amides is 1. The van der Waals surface area contributed by atoms with E-state index in [4.69, 9.17) is 0 Å². The Balaban J connectivity index is 1.46. The Labute approximate surface area is 185 Å². The van der Waals surface area contributed by atoms with Crippen molar-refractivity contribution in [2.75, 3.05) is 59.3 Å². The van der Waals surface area contributed by atoms with Crippen molar-refractivity contribution in [3.8, 4) is 0 Å². The van der Waals surface area contributed by atoms with E-state index >= 15 is 0 Å². The number of benzene rings is 1. The first kappa shape index (κ1) is 22.6. The van der Waals surface area contributed by atoms with Gasteiger partial charge in [-0.1, -0.05) is 18.2 Å². The molecular formula is C23H33N7O. The van der Waals surface area contributed by atoms with Gasteiger partial charge in [0.1, 0.15) is 5.82 Å². The van der Waals surface area contributed by atoms with Crippen molar-refractivity contribution in [2.24, 2.45) is 4.99 Å². The van der Waals surface area contributed by atoms with Crippen LogP contribution in [-0.2, 0) is 13.1 Å². The van der Waals surface area contributed by atoms with Gasteiger partial charge >= 0.3 is 0 Å². The molecule has 0 spiro atoms. The number of hydrogen-bond acceptors (Lipinski definition) is 5. The number of rotatable bonds is 6. The number of guanidine groups is 1. The topological polar surface area (TPSA) is 76.1 Å². The fourth-order valence-electron chi connectivity index (χ4n) is 3.36. The molecule has 1 aromatic heterocycles. The van der Waals surface area contributed by atoms with Crippen LogP contribution in [0.15, 0.2) is 47.6 Å². The van der Waals surface area contributed by atoms with Gasteiger partial charge in [0, 0.05) is 72.2 Å². The second-order valence-electron chi connectivity index (χ2n) is 7.99. The number of carbonyl (C=O) groups is 1. The number of pyridine rings is 1. The lowest BCUT2D eigenvalue weighted by Crippen LogP contribution is -2.44. The summed E-state index contributed by atoms with van der Waals surface area (Å²) >= 11 is 0. The number of nitrogens with one attached hydrogen (secondary N) is 2. The van der Waals surface area contributed by atoms with E-state index in [0.717, 1.165) is 49.1 Å². The summed E-state index contributed by atoms with van der Waals surface area (Å²) in [5.74, 6) is 1.76. The molecule has 8 heteroatoms. The molecular weight excluding hydrogens is 390 g/mol. The maximum absolute atomic E-state index is 12.0. The molecule has 0 bridgehead atoms. The molecule has 2 N–H and O–H groups in total. The third-order valence-electron chi connectivity index (χ3n) is 5.39. The van der Waals surface area contributed by atoms with Gasteiger partial charge in [-0.2, -0.15) is 0 Å². The minimum absolute atomic E-state index is 0.00392. The summed E-state index contributed by atoms with van der Waals surface area (Å²) in [6, 6.07) is 11.8. The van der Waals surface area contributed by atoms with Gasteiger partial charge in [0.2, 0.25) is 0 Å². The van der Waals surface area contributed by atoms with E-state index in [1.165, 1.54) is 0 Å². The number of nitrogens with zero attached hydrogens (tertiary/aromatic N) is 5. The second-order valence-corrected chi connectivity index (χ2v) is 7.99. The van der Waals surface area contributed by atoms with Crippen LogP contribution in [-0.4, -0.2) is 81.0 Å². The van der Waals surface area contributed by atoms with Gasteiger partial charge in [0.05, 0.1) is 0 Å². The Kier molecular flexibility index (Phi) is 7.83. The standard InChI is InChI=1S/C23H33N7O/c1-24-23(26-15-18-5-8-20(9-6-18)22(31)28(2)3)27-17-19-7-10-21(25-16-19)30-13-11-29(4)12-14-30/h5-10,16H,11-15,17H2,1-4H3,(H2,24,26,27). The number of piperazine rings is 1. The number of carbonyl (C=O) groups excluding carboxylic acids is 1. The molecule has 3 rings (SSSR count). The number of likely N-dealkylation sites (N-methyl/N-ethyl adjacent to an activating group) is 1. The summed E-state index contributed by atoms with van der Waals surface area (Å²) in [7, 11) is 7.41. The molecule has 2 heterocycles. The first-order valence-electron chi connectivity index (χ1n) is 10.6. The number of aliphatic imine (C=N–C) groups is 1. The molecule has 1 aliphatic rings. The van der Waals surface area contributed by atoms with Crippen molar-refractivity contribution >= 4 is 17.7 Å². The van der Waals surface area contributed by atoms with Gasteiger partial charge < -0.3 is 25.3 Å². The third-order valence-corrected chi connectivity index (χ3v) is 5.39. The Hall–Kier alpha value is -3.13. The van der Waals surface area contributed by atoms with E-state index in [1.807, 2.05) is 30.5 Å². The highest BCUT2D eigenvalue weighted by molar-refractivity contribution is 5.93. The molecule has 1 fully saturated rings. The summed E-state index contributed by atoms with van der Waals surface area (Å²) in [4.78, 5) is 27.1. The zero-order valence-electron chi connectivity index (χ0n) is 18.9. The van der Waals surface area contributed by atoms with Crippen LogP contribution < -0.4 is 15.5 Å². The Bertz CT molecular complexity index is 870. The first-order chi connectivity index (χ1) is 15.0. The van der Waals surface area contributed by atoms with Crippen LogP contribution in [0.3, 0.4) is 0 Å². The zero-order valence-corrected chi connectivity index (χ0v) is 18.9. The van der Waals surface area contributed by atoms with Crippen LogP contribution >= 0.6 is 0 Å². The molecule has 1 aliphatic heterocycles. The fourth-order valence-corrected chi connectivity index (χ4v) is 3.36. The molecule has 166 valence electrons. The molecule has 8 nitrogen and oxygen atoms in total. The van der Waals surface area contributed by atoms with Crippen molar-refractivity contribution in [3.63, 3.8) is 0 Å². The Morgan fingerprint density at radius 3 is 2.16 bits per heavy atom. The van der Waals surface area contributed by atoms with Crippen LogP contribution in [0.2, 0.25) is 0 Å². The lowest BCUT2D eigenvalue weighted by molar-refractivity contribution is 0.0827. The third kappa shape index (κ3) is 6.42. The monoisotopic (exact) mass is 423 g/mol. The predicted octanol–water partition coefficient (Wildman–Crippen LogP) is 1.40. The van der Waals surface area contributed by atoms with Crippen molar-refractivity contribution in [3.05, 3.63) is 59.3 Å². The van der Waals surface area contributed by atoms with Crippen LogP contribution in [0.4, 0.5) is 5.82 Å². The average Bonchev–Trinajstić information content (AvgIpc) is 2.80. The molecule has 0 unspecified atom stereocenters. The highest BCUT2D eigenvalue weighted by Gasteiger charge is 2.15. The first-order valence-corrected chi connectivity index (χ1v) is 10.6. The van der Waals surface area contributed by atoms with Gasteiger partial charge in [-0.05, 0) is 36.4 Å². The van der Waals surface area contributed by atoms with Gasteiger partial charge in [-0.15, -0.1) is 0 Å². The lowest BCUT2D eigenvalue weighted by Gasteiger charge is -2.33. The maximum atomic E-state index is 12.0. The second kappa shape index (κ2) is 10.8. The predicted molar refractivity (Wildman–Crippen MR) is 125 cm³/mol. The fraction of sp³-hybridized carbons (Fsp3) is 0.435. The SMILES string of the molecule is CN=C(NCc1ccc(C(=O)N(C)C)cc1)NCc1ccc(N2CCN(C)CC2)nc1. The quantitative estimate of drug-likeness (QED) is 0.540. The van der Waals surface area contributed by atoms with E-state index < -0.39 is 0 Å². The summed E-state index contributed by atoms with van der Waals surface area (Å²) in [6.45, 7) is 5.44. The molecule has 1 aromatic carbocycles. The Morgan fingerprint density at radius 1 is 1.00 bits per heavy atom. The largest absolute Gasteiger partial charge is 0.354 e. The van der Waals surface area contributed by atoms with Crippen molar-refractivity contribution < 1.29 is 4.79 Å². The molecule has 2 aromatic rings. The van der Waals surface area contributed by atoms with Crippen molar-refractivity contribution in [1.29, 1.82) is 0 Å². The van der Waals surface area contributed by atoms with Gasteiger partial charge in [0.15, 0.2) is 5.96 Å². The highest BCUT2D eigenvalue weighted by atomic mass is 16.2. The van der Waals surface area contributed by atoms with E-state index in [9.17, 15) is 4.79 Å². The molecule has 1 amide bonds. The molecule has 0 atom stereocenters. The summed E-state index contributed by atoms with van der Waals surface area (Å²) in [6.07, 6.45) is 1.93. The maximum Gasteiger partial charge on any atom is 0.253 e. The highest BCUT2D eigenvalue weighted by Crippen LogP contribution is 2.13. The Morgan fingerprint density at radius 2 is 1.61 bits per heavy atom. The van der Waals surface area contributed by atoms with Gasteiger partial charge in [0.25, 0.3) is 5.91 Å². The zero-order chi connectivity index (χ0) is 22.2. The smallest absolute Gasteiger partial charge is 0.253 e. The van der Waals surface area contributed by atoms with Gasteiger partial charge in [-0.25, -0.2) is 4.98 Å². The average molecular weight is 424 g/mol. The molecule has 31 heavy (non-hydrogen) atoms. The van der Waals surface area contributed by atoms with Crippen LogP contribution in [0.1, 0.15) is 21.5 Å². The minimum Gasteiger partial charge on any atom is -0.354 e. The number of hydrogen-bond donors (Lipinski definition) is 2. The summed E-state index contributed by atoms with van der Waals surface area (Å²) in [5, 5.41) is 6.63. The molecule has 0 radical (unpaired) electrons. The number of anilines is 1. The summed E-state index contributed by atoms with van der Waals surface area (Å²) in [5.41, 5.74) is 2.87. The van der Waals surface area contributed by atoms with Crippen molar-refractivity contribution in [2.45, 2.75) is 13.1 Å². The lowest BCUT2D eigenvalue weighted by atomic mass is 10.1. The van der Waals surface area contributed by atoms with E-state index in [1.54, 1.807) is 26.0 Å².